The first kappa shape index (κ1) is 23.6. The predicted molar refractivity (Wildman–Crippen MR) is 126 cm³/mol. The SMILES string of the molecule is O=C(CCSc1ccc(Cl)cc1)NCc1cccc(NC(=O)CCN2CCOCC2)c1. The van der Waals surface area contributed by atoms with Crippen LogP contribution in [0.3, 0.4) is 0 Å². The highest BCUT2D eigenvalue weighted by Crippen LogP contribution is 2.21. The third-order valence-electron chi connectivity index (χ3n) is 4.87. The quantitative estimate of drug-likeness (QED) is 0.526. The second kappa shape index (κ2) is 12.7. The number of benzene rings is 2. The number of carbonyl (C=O) groups is 2. The van der Waals surface area contributed by atoms with Crippen LogP contribution < -0.4 is 10.6 Å². The molecule has 1 heterocycles. The van der Waals surface area contributed by atoms with Crippen LogP contribution in [-0.4, -0.2) is 55.3 Å². The number of carbonyl (C=O) groups excluding carboxylic acids is 2. The highest BCUT2D eigenvalue weighted by atomic mass is 35.5. The molecule has 1 saturated heterocycles. The fraction of sp³-hybridized carbons (Fsp3) is 0.391. The summed E-state index contributed by atoms with van der Waals surface area (Å²) in [7, 11) is 0. The van der Waals surface area contributed by atoms with Gasteiger partial charge in [-0.25, -0.2) is 0 Å². The van der Waals surface area contributed by atoms with E-state index >= 15 is 0 Å². The first-order chi connectivity index (χ1) is 15.1. The molecule has 1 fully saturated rings. The van der Waals surface area contributed by atoms with Gasteiger partial charge in [-0.3, -0.25) is 14.5 Å². The van der Waals surface area contributed by atoms with Crippen molar-refractivity contribution in [1.29, 1.82) is 0 Å². The van der Waals surface area contributed by atoms with Crippen LogP contribution in [0, 0.1) is 0 Å². The van der Waals surface area contributed by atoms with E-state index in [9.17, 15) is 9.59 Å². The van der Waals surface area contributed by atoms with Crippen LogP contribution in [0.25, 0.3) is 0 Å². The van der Waals surface area contributed by atoms with Gasteiger partial charge in [0.1, 0.15) is 0 Å². The van der Waals surface area contributed by atoms with Gasteiger partial charge in [-0.1, -0.05) is 23.7 Å². The molecule has 8 heteroatoms. The molecule has 2 N–H and O–H groups in total. The molecule has 0 saturated carbocycles. The first-order valence-electron chi connectivity index (χ1n) is 10.4. The molecular formula is C23H28ClN3O3S. The van der Waals surface area contributed by atoms with Crippen LogP contribution in [0.5, 0.6) is 0 Å². The summed E-state index contributed by atoms with van der Waals surface area (Å²) < 4.78 is 5.32. The Bertz CT molecular complexity index is 857. The molecule has 0 aliphatic carbocycles. The van der Waals surface area contributed by atoms with Gasteiger partial charge >= 0.3 is 0 Å². The fourth-order valence-electron chi connectivity index (χ4n) is 3.15. The molecule has 1 aliphatic rings. The minimum atomic E-state index is -0.00750. The molecule has 2 aromatic carbocycles. The van der Waals surface area contributed by atoms with Crippen molar-refractivity contribution >= 4 is 40.9 Å². The molecule has 0 bridgehead atoms. The summed E-state index contributed by atoms with van der Waals surface area (Å²) in [6.45, 7) is 4.38. The summed E-state index contributed by atoms with van der Waals surface area (Å²) in [4.78, 5) is 27.7. The molecule has 31 heavy (non-hydrogen) atoms. The summed E-state index contributed by atoms with van der Waals surface area (Å²) in [6.07, 6.45) is 0.886. The largest absolute Gasteiger partial charge is 0.379 e. The normalized spacial score (nSPS) is 14.2. The fourth-order valence-corrected chi connectivity index (χ4v) is 4.13. The molecule has 2 amide bonds. The van der Waals surface area contributed by atoms with Crippen molar-refractivity contribution < 1.29 is 14.3 Å². The van der Waals surface area contributed by atoms with Crippen LogP contribution in [-0.2, 0) is 20.9 Å². The van der Waals surface area contributed by atoms with Gasteiger partial charge in [0.05, 0.1) is 13.2 Å². The zero-order chi connectivity index (χ0) is 21.9. The number of anilines is 1. The van der Waals surface area contributed by atoms with Crippen molar-refractivity contribution in [2.75, 3.05) is 43.9 Å². The third kappa shape index (κ3) is 8.91. The summed E-state index contributed by atoms with van der Waals surface area (Å²) >= 11 is 7.51. The maximum Gasteiger partial charge on any atom is 0.225 e. The van der Waals surface area contributed by atoms with Crippen molar-refractivity contribution in [2.45, 2.75) is 24.3 Å². The number of morpholine rings is 1. The van der Waals surface area contributed by atoms with E-state index in [4.69, 9.17) is 16.3 Å². The molecule has 3 rings (SSSR count). The Hall–Kier alpha value is -2.06. The second-order valence-corrected chi connectivity index (χ2v) is 8.89. The van der Waals surface area contributed by atoms with Crippen LogP contribution in [0.15, 0.2) is 53.4 Å². The van der Waals surface area contributed by atoms with E-state index in [1.165, 1.54) is 0 Å². The van der Waals surface area contributed by atoms with E-state index < -0.39 is 0 Å². The molecule has 0 spiro atoms. The van der Waals surface area contributed by atoms with Crippen LogP contribution in [0.4, 0.5) is 5.69 Å². The lowest BCUT2D eigenvalue weighted by Gasteiger charge is -2.26. The van der Waals surface area contributed by atoms with Gasteiger partial charge in [0.25, 0.3) is 0 Å². The second-order valence-electron chi connectivity index (χ2n) is 7.28. The molecular weight excluding hydrogens is 434 g/mol. The zero-order valence-electron chi connectivity index (χ0n) is 17.4. The van der Waals surface area contributed by atoms with Gasteiger partial charge in [0.15, 0.2) is 0 Å². The maximum absolute atomic E-state index is 12.2. The van der Waals surface area contributed by atoms with Crippen molar-refractivity contribution in [1.82, 2.24) is 10.2 Å². The van der Waals surface area contributed by atoms with E-state index in [-0.39, 0.29) is 11.8 Å². The summed E-state index contributed by atoms with van der Waals surface area (Å²) in [5, 5.41) is 6.59. The van der Waals surface area contributed by atoms with E-state index in [0.717, 1.165) is 49.0 Å². The van der Waals surface area contributed by atoms with E-state index in [1.54, 1.807) is 11.8 Å². The summed E-state index contributed by atoms with van der Waals surface area (Å²) in [5.41, 5.74) is 1.70. The number of halogens is 1. The van der Waals surface area contributed by atoms with Crippen LogP contribution >= 0.6 is 23.4 Å². The highest BCUT2D eigenvalue weighted by molar-refractivity contribution is 7.99. The Morgan fingerprint density at radius 1 is 1.03 bits per heavy atom. The van der Waals surface area contributed by atoms with Gasteiger partial charge in [-0.15, -0.1) is 11.8 Å². The lowest BCUT2D eigenvalue weighted by Crippen LogP contribution is -2.38. The number of nitrogens with one attached hydrogen (secondary N) is 2. The third-order valence-corrected chi connectivity index (χ3v) is 6.14. The Labute approximate surface area is 192 Å². The number of thioether (sulfide) groups is 1. The minimum Gasteiger partial charge on any atom is -0.379 e. The molecule has 1 aliphatic heterocycles. The smallest absolute Gasteiger partial charge is 0.225 e. The van der Waals surface area contributed by atoms with Gasteiger partial charge < -0.3 is 15.4 Å². The standard InChI is InChI=1S/C23H28ClN3O3S/c24-19-4-6-21(7-5-19)31-15-9-22(28)25-17-18-2-1-3-20(16-18)26-23(29)8-10-27-11-13-30-14-12-27/h1-7,16H,8-15,17H2,(H,25,28)(H,26,29). The topological polar surface area (TPSA) is 70.7 Å². The van der Waals surface area contributed by atoms with Crippen molar-refractivity contribution in [3.63, 3.8) is 0 Å². The maximum atomic E-state index is 12.2. The van der Waals surface area contributed by atoms with E-state index in [2.05, 4.69) is 15.5 Å². The van der Waals surface area contributed by atoms with Crippen LogP contribution in [0.1, 0.15) is 18.4 Å². The van der Waals surface area contributed by atoms with Crippen molar-refractivity contribution in [3.8, 4) is 0 Å². The molecule has 0 atom stereocenters. The lowest BCUT2D eigenvalue weighted by molar-refractivity contribution is -0.121. The van der Waals surface area contributed by atoms with Gasteiger partial charge in [-0.05, 0) is 42.0 Å². The predicted octanol–water partition coefficient (Wildman–Crippen LogP) is 3.80. The van der Waals surface area contributed by atoms with Crippen LogP contribution in [0.2, 0.25) is 5.02 Å². The molecule has 2 aromatic rings. The Morgan fingerprint density at radius 3 is 2.58 bits per heavy atom. The molecule has 166 valence electrons. The first-order valence-corrected chi connectivity index (χ1v) is 11.8. The molecule has 6 nitrogen and oxygen atoms in total. The Kier molecular flexibility index (Phi) is 9.68. The number of hydrogen-bond acceptors (Lipinski definition) is 5. The van der Waals surface area contributed by atoms with Gasteiger partial charge in [-0.2, -0.15) is 0 Å². The molecule has 0 radical (unpaired) electrons. The summed E-state index contributed by atoms with van der Waals surface area (Å²) in [6, 6.07) is 15.2. The molecule has 0 aromatic heterocycles. The van der Waals surface area contributed by atoms with Gasteiger partial charge in [0, 0.05) is 60.4 Å². The number of amides is 2. The zero-order valence-corrected chi connectivity index (χ0v) is 19.0. The summed E-state index contributed by atoms with van der Waals surface area (Å²) in [5.74, 6) is 0.695. The van der Waals surface area contributed by atoms with E-state index in [0.29, 0.717) is 30.2 Å². The average molecular weight is 462 g/mol. The van der Waals surface area contributed by atoms with Crippen molar-refractivity contribution in [2.24, 2.45) is 0 Å². The number of ether oxygens (including phenoxy) is 1. The van der Waals surface area contributed by atoms with Crippen molar-refractivity contribution in [3.05, 3.63) is 59.1 Å². The molecule has 0 unspecified atom stereocenters. The lowest BCUT2D eigenvalue weighted by atomic mass is 10.2. The van der Waals surface area contributed by atoms with Gasteiger partial charge in [0.2, 0.25) is 11.8 Å². The Balaban J connectivity index is 1.35. The number of hydrogen-bond donors (Lipinski definition) is 2. The average Bonchev–Trinajstić information content (AvgIpc) is 2.79. The monoisotopic (exact) mass is 461 g/mol. The highest BCUT2D eigenvalue weighted by Gasteiger charge is 2.12. The van der Waals surface area contributed by atoms with E-state index in [1.807, 2.05) is 48.5 Å². The number of rotatable bonds is 10. The minimum absolute atomic E-state index is 0.00131. The number of nitrogens with zero attached hydrogens (tertiary/aromatic N) is 1. The Morgan fingerprint density at radius 2 is 1.81 bits per heavy atom.